The molecule has 0 aromatic heterocycles. The number of hydrogen-bond donors (Lipinski definition) is 1. The lowest BCUT2D eigenvalue weighted by atomic mass is 9.84. The van der Waals surface area contributed by atoms with Gasteiger partial charge in [0.15, 0.2) is 0 Å². The van der Waals surface area contributed by atoms with Crippen molar-refractivity contribution in [3.8, 4) is 0 Å². The van der Waals surface area contributed by atoms with E-state index in [1.54, 1.807) is 0 Å². The molecule has 1 fully saturated rings. The third-order valence-electron chi connectivity index (χ3n) is 3.54. The minimum Gasteiger partial charge on any atom is -0.310 e. The molecule has 0 aliphatic heterocycles. The SMILES string of the molecule is CC(CN(C)C)NC(C)C1CCCCC1. The van der Waals surface area contributed by atoms with Crippen molar-refractivity contribution in [2.24, 2.45) is 5.92 Å². The molecule has 2 atom stereocenters. The van der Waals surface area contributed by atoms with Gasteiger partial charge in [-0.05, 0) is 46.7 Å². The van der Waals surface area contributed by atoms with Crippen molar-refractivity contribution in [1.29, 1.82) is 0 Å². The Hall–Kier alpha value is -0.0800. The van der Waals surface area contributed by atoms with E-state index >= 15 is 0 Å². The molecule has 0 aromatic rings. The highest BCUT2D eigenvalue weighted by Gasteiger charge is 2.20. The predicted octanol–water partition coefficient (Wildman–Crippen LogP) is 2.49. The normalized spacial score (nSPS) is 23.0. The molecule has 0 spiro atoms. The van der Waals surface area contributed by atoms with Gasteiger partial charge in [0.05, 0.1) is 0 Å². The number of hydrogen-bond acceptors (Lipinski definition) is 2. The first-order chi connectivity index (χ1) is 7.09. The maximum Gasteiger partial charge on any atom is 0.0169 e. The zero-order valence-corrected chi connectivity index (χ0v) is 10.9. The van der Waals surface area contributed by atoms with E-state index in [0.717, 1.165) is 12.5 Å². The van der Waals surface area contributed by atoms with Crippen LogP contribution < -0.4 is 5.32 Å². The fourth-order valence-corrected chi connectivity index (χ4v) is 2.82. The minimum atomic E-state index is 0.608. The van der Waals surface area contributed by atoms with Crippen LogP contribution in [0.15, 0.2) is 0 Å². The van der Waals surface area contributed by atoms with Gasteiger partial charge in [0.1, 0.15) is 0 Å². The molecule has 1 aliphatic rings. The Bertz CT molecular complexity index is 162. The molecule has 1 saturated carbocycles. The van der Waals surface area contributed by atoms with Crippen molar-refractivity contribution >= 4 is 0 Å². The lowest BCUT2D eigenvalue weighted by Gasteiger charge is -2.31. The van der Waals surface area contributed by atoms with Crippen molar-refractivity contribution in [3.63, 3.8) is 0 Å². The molecule has 2 unspecified atom stereocenters. The Morgan fingerprint density at radius 1 is 1.13 bits per heavy atom. The summed E-state index contributed by atoms with van der Waals surface area (Å²) in [5.74, 6) is 0.920. The highest BCUT2D eigenvalue weighted by molar-refractivity contribution is 4.78. The lowest BCUT2D eigenvalue weighted by molar-refractivity contribution is 0.249. The maximum absolute atomic E-state index is 3.74. The molecule has 90 valence electrons. The van der Waals surface area contributed by atoms with E-state index in [9.17, 15) is 0 Å². The molecule has 0 radical (unpaired) electrons. The van der Waals surface area contributed by atoms with Crippen LogP contribution in [0, 0.1) is 5.92 Å². The van der Waals surface area contributed by atoms with E-state index in [1.165, 1.54) is 32.1 Å². The number of nitrogens with one attached hydrogen (secondary N) is 1. The van der Waals surface area contributed by atoms with E-state index in [4.69, 9.17) is 0 Å². The van der Waals surface area contributed by atoms with Crippen molar-refractivity contribution in [2.45, 2.75) is 58.0 Å². The predicted molar refractivity (Wildman–Crippen MR) is 67.2 cm³/mol. The molecular weight excluding hydrogens is 184 g/mol. The van der Waals surface area contributed by atoms with Gasteiger partial charge >= 0.3 is 0 Å². The van der Waals surface area contributed by atoms with Crippen LogP contribution in [0.3, 0.4) is 0 Å². The van der Waals surface area contributed by atoms with Gasteiger partial charge in [-0.15, -0.1) is 0 Å². The van der Waals surface area contributed by atoms with Crippen LogP contribution in [0.5, 0.6) is 0 Å². The Balaban J connectivity index is 2.23. The van der Waals surface area contributed by atoms with Crippen molar-refractivity contribution < 1.29 is 0 Å². The molecule has 15 heavy (non-hydrogen) atoms. The van der Waals surface area contributed by atoms with Crippen molar-refractivity contribution in [2.75, 3.05) is 20.6 Å². The smallest absolute Gasteiger partial charge is 0.0169 e. The van der Waals surface area contributed by atoms with E-state index in [1.807, 2.05) is 0 Å². The van der Waals surface area contributed by atoms with Gasteiger partial charge in [0, 0.05) is 18.6 Å². The van der Waals surface area contributed by atoms with Gasteiger partial charge in [0.2, 0.25) is 0 Å². The first-order valence-electron chi connectivity index (χ1n) is 6.50. The van der Waals surface area contributed by atoms with E-state index < -0.39 is 0 Å². The molecule has 2 nitrogen and oxygen atoms in total. The maximum atomic E-state index is 3.74. The summed E-state index contributed by atoms with van der Waals surface area (Å²) in [5.41, 5.74) is 0. The van der Waals surface area contributed by atoms with Gasteiger partial charge < -0.3 is 10.2 Å². The summed E-state index contributed by atoms with van der Waals surface area (Å²) in [6.07, 6.45) is 7.21. The van der Waals surface area contributed by atoms with E-state index in [-0.39, 0.29) is 0 Å². The summed E-state index contributed by atoms with van der Waals surface area (Å²) < 4.78 is 0. The zero-order valence-electron chi connectivity index (χ0n) is 10.9. The average molecular weight is 212 g/mol. The summed E-state index contributed by atoms with van der Waals surface area (Å²) >= 11 is 0. The highest BCUT2D eigenvalue weighted by atomic mass is 15.1. The molecule has 1 rings (SSSR count). The molecule has 0 amide bonds. The summed E-state index contributed by atoms with van der Waals surface area (Å²) in [7, 11) is 4.28. The second-order valence-electron chi connectivity index (χ2n) is 5.52. The van der Waals surface area contributed by atoms with Crippen LogP contribution in [-0.4, -0.2) is 37.6 Å². The summed E-state index contributed by atoms with van der Waals surface area (Å²) in [6.45, 7) is 5.79. The van der Waals surface area contributed by atoms with Crippen LogP contribution in [0.1, 0.15) is 46.0 Å². The van der Waals surface area contributed by atoms with Crippen LogP contribution in [-0.2, 0) is 0 Å². The van der Waals surface area contributed by atoms with Crippen LogP contribution in [0.25, 0.3) is 0 Å². The fourth-order valence-electron chi connectivity index (χ4n) is 2.82. The van der Waals surface area contributed by atoms with Gasteiger partial charge in [-0.1, -0.05) is 19.3 Å². The van der Waals surface area contributed by atoms with Crippen LogP contribution >= 0.6 is 0 Å². The second kappa shape index (κ2) is 6.49. The number of likely N-dealkylation sites (N-methyl/N-ethyl adjacent to an activating group) is 1. The highest BCUT2D eigenvalue weighted by Crippen LogP contribution is 2.26. The Morgan fingerprint density at radius 3 is 2.27 bits per heavy atom. The van der Waals surface area contributed by atoms with Gasteiger partial charge in [0.25, 0.3) is 0 Å². The largest absolute Gasteiger partial charge is 0.310 e. The number of nitrogens with zero attached hydrogens (tertiary/aromatic N) is 1. The Morgan fingerprint density at radius 2 is 1.73 bits per heavy atom. The zero-order chi connectivity index (χ0) is 11.3. The quantitative estimate of drug-likeness (QED) is 0.753. The first kappa shape index (κ1) is 13.0. The van der Waals surface area contributed by atoms with Gasteiger partial charge in [-0.25, -0.2) is 0 Å². The molecule has 0 bridgehead atoms. The average Bonchev–Trinajstić information content (AvgIpc) is 2.17. The van der Waals surface area contributed by atoms with Crippen molar-refractivity contribution in [3.05, 3.63) is 0 Å². The number of rotatable bonds is 5. The van der Waals surface area contributed by atoms with Crippen LogP contribution in [0.4, 0.5) is 0 Å². The molecule has 0 heterocycles. The third kappa shape index (κ3) is 4.98. The monoisotopic (exact) mass is 212 g/mol. The second-order valence-corrected chi connectivity index (χ2v) is 5.52. The minimum absolute atomic E-state index is 0.608. The third-order valence-corrected chi connectivity index (χ3v) is 3.54. The summed E-state index contributed by atoms with van der Waals surface area (Å²) in [6, 6.07) is 1.30. The molecule has 1 N–H and O–H groups in total. The summed E-state index contributed by atoms with van der Waals surface area (Å²) in [4.78, 5) is 2.26. The fraction of sp³-hybridized carbons (Fsp3) is 1.00. The molecular formula is C13H28N2. The Kier molecular flexibility index (Phi) is 5.62. The van der Waals surface area contributed by atoms with Crippen molar-refractivity contribution in [1.82, 2.24) is 10.2 Å². The van der Waals surface area contributed by atoms with Crippen LogP contribution in [0.2, 0.25) is 0 Å². The lowest BCUT2D eigenvalue weighted by Crippen LogP contribution is -2.44. The van der Waals surface area contributed by atoms with E-state index in [2.05, 4.69) is 38.2 Å². The molecule has 1 aliphatic carbocycles. The van der Waals surface area contributed by atoms with E-state index in [0.29, 0.717) is 12.1 Å². The standard InChI is InChI=1S/C13H28N2/c1-11(10-15(3)4)14-12(2)13-8-6-5-7-9-13/h11-14H,5-10H2,1-4H3. The topological polar surface area (TPSA) is 15.3 Å². The van der Waals surface area contributed by atoms with Gasteiger partial charge in [-0.3, -0.25) is 0 Å². The summed E-state index contributed by atoms with van der Waals surface area (Å²) in [5, 5.41) is 3.74. The Labute approximate surface area is 95.4 Å². The molecule has 0 aromatic carbocycles. The molecule has 0 saturated heterocycles. The first-order valence-corrected chi connectivity index (χ1v) is 6.50. The van der Waals surface area contributed by atoms with Gasteiger partial charge in [-0.2, -0.15) is 0 Å². The molecule has 2 heteroatoms.